The van der Waals surface area contributed by atoms with Gasteiger partial charge in [-0.05, 0) is 36.2 Å². The molecule has 0 aliphatic carbocycles. The highest BCUT2D eigenvalue weighted by Crippen LogP contribution is 2.33. The SMILES string of the molecule is CC1CN(c2ccc(-c3ccc(CS(C)(=O)=O)cc3Cl)cc2)C(=O)c2c(N)ncnc2O1. The van der Waals surface area contributed by atoms with E-state index in [1.165, 1.54) is 12.6 Å². The van der Waals surface area contributed by atoms with Crippen molar-refractivity contribution < 1.29 is 17.9 Å². The van der Waals surface area contributed by atoms with Crippen LogP contribution >= 0.6 is 11.6 Å². The summed E-state index contributed by atoms with van der Waals surface area (Å²) in [6, 6.07) is 12.5. The van der Waals surface area contributed by atoms with Crippen LogP contribution < -0.4 is 15.4 Å². The van der Waals surface area contributed by atoms with Crippen molar-refractivity contribution in [1.29, 1.82) is 0 Å². The monoisotopic (exact) mass is 472 g/mol. The lowest BCUT2D eigenvalue weighted by Crippen LogP contribution is -2.36. The quantitative estimate of drug-likeness (QED) is 0.618. The summed E-state index contributed by atoms with van der Waals surface area (Å²) < 4.78 is 28.8. The number of anilines is 2. The maximum atomic E-state index is 13.2. The van der Waals surface area contributed by atoms with E-state index in [1.807, 2.05) is 31.2 Å². The first-order valence-corrected chi connectivity index (χ1v) is 12.2. The summed E-state index contributed by atoms with van der Waals surface area (Å²) in [7, 11) is -3.15. The molecule has 2 aromatic carbocycles. The van der Waals surface area contributed by atoms with Gasteiger partial charge in [0.25, 0.3) is 5.91 Å². The molecule has 10 heteroatoms. The van der Waals surface area contributed by atoms with Gasteiger partial charge in [-0.2, -0.15) is 0 Å². The maximum Gasteiger partial charge on any atom is 0.267 e. The Morgan fingerprint density at radius 3 is 2.56 bits per heavy atom. The average Bonchev–Trinajstić information content (AvgIpc) is 2.83. The maximum absolute atomic E-state index is 13.2. The number of rotatable bonds is 4. The lowest BCUT2D eigenvalue weighted by Gasteiger charge is -2.22. The first-order chi connectivity index (χ1) is 15.1. The van der Waals surface area contributed by atoms with E-state index < -0.39 is 9.84 Å². The van der Waals surface area contributed by atoms with Gasteiger partial charge >= 0.3 is 0 Å². The van der Waals surface area contributed by atoms with Gasteiger partial charge in [0.15, 0.2) is 9.84 Å². The van der Waals surface area contributed by atoms with Crippen molar-refractivity contribution in [2.24, 2.45) is 0 Å². The molecule has 0 fully saturated rings. The van der Waals surface area contributed by atoms with E-state index >= 15 is 0 Å². The molecule has 2 heterocycles. The van der Waals surface area contributed by atoms with Crippen molar-refractivity contribution in [3.05, 3.63) is 64.9 Å². The number of nitrogen functional groups attached to an aromatic ring is 1. The third-order valence-electron chi connectivity index (χ3n) is 5.01. The number of nitrogens with zero attached hydrogens (tertiary/aromatic N) is 3. The van der Waals surface area contributed by atoms with E-state index in [0.717, 1.165) is 11.1 Å². The van der Waals surface area contributed by atoms with Crippen molar-refractivity contribution in [3.63, 3.8) is 0 Å². The average molecular weight is 473 g/mol. The Morgan fingerprint density at radius 1 is 1.19 bits per heavy atom. The summed E-state index contributed by atoms with van der Waals surface area (Å²) in [5.74, 6) is -0.164. The molecule has 8 nitrogen and oxygen atoms in total. The van der Waals surface area contributed by atoms with Gasteiger partial charge in [0.05, 0.1) is 12.3 Å². The van der Waals surface area contributed by atoms with Crippen LogP contribution in [0.5, 0.6) is 5.88 Å². The minimum absolute atomic E-state index is 0.0664. The summed E-state index contributed by atoms with van der Waals surface area (Å²) in [6.45, 7) is 2.16. The highest BCUT2D eigenvalue weighted by molar-refractivity contribution is 7.89. The zero-order valence-electron chi connectivity index (χ0n) is 17.4. The van der Waals surface area contributed by atoms with Crippen molar-refractivity contribution in [2.75, 3.05) is 23.4 Å². The molecule has 0 saturated carbocycles. The van der Waals surface area contributed by atoms with E-state index in [-0.39, 0.29) is 35.0 Å². The predicted molar refractivity (Wildman–Crippen MR) is 124 cm³/mol. The van der Waals surface area contributed by atoms with Crippen molar-refractivity contribution in [1.82, 2.24) is 9.97 Å². The van der Waals surface area contributed by atoms with Crippen LogP contribution in [0.25, 0.3) is 11.1 Å². The molecule has 0 saturated heterocycles. The fourth-order valence-electron chi connectivity index (χ4n) is 3.60. The molecule has 0 bridgehead atoms. The van der Waals surface area contributed by atoms with Gasteiger partial charge in [0.1, 0.15) is 23.8 Å². The Bertz CT molecular complexity index is 1300. The van der Waals surface area contributed by atoms with Crippen molar-refractivity contribution in [2.45, 2.75) is 18.8 Å². The van der Waals surface area contributed by atoms with Crippen molar-refractivity contribution >= 4 is 38.9 Å². The molecule has 1 atom stereocenters. The third-order valence-corrected chi connectivity index (χ3v) is 6.18. The summed E-state index contributed by atoms with van der Waals surface area (Å²) in [5, 5.41) is 0.450. The highest BCUT2D eigenvalue weighted by atomic mass is 35.5. The lowest BCUT2D eigenvalue weighted by molar-refractivity contribution is 0.0988. The Hall–Kier alpha value is -3.17. The Labute approximate surface area is 190 Å². The number of nitrogens with two attached hydrogens (primary N) is 1. The van der Waals surface area contributed by atoms with E-state index in [1.54, 1.807) is 23.1 Å². The summed E-state index contributed by atoms with van der Waals surface area (Å²) >= 11 is 6.42. The second-order valence-corrected chi connectivity index (χ2v) is 10.3. The topological polar surface area (TPSA) is 115 Å². The van der Waals surface area contributed by atoms with Crippen molar-refractivity contribution in [3.8, 4) is 17.0 Å². The first kappa shape index (κ1) is 22.0. The van der Waals surface area contributed by atoms with Gasteiger partial charge < -0.3 is 15.4 Å². The molecule has 32 heavy (non-hydrogen) atoms. The number of halogens is 1. The second-order valence-electron chi connectivity index (χ2n) is 7.71. The summed E-state index contributed by atoms with van der Waals surface area (Å²) in [6.07, 6.45) is 2.15. The standard InChI is InChI=1S/C22H21ClN4O4S/c1-13-10-27(22(28)19-20(24)25-12-26-21(19)31-13)16-6-4-15(5-7-16)17-8-3-14(9-18(17)23)11-32(2,29)30/h3-9,12-13H,10-11H2,1-2H3,(H2,24,25,26). The van der Waals surface area contributed by atoms with E-state index in [4.69, 9.17) is 22.1 Å². The summed E-state index contributed by atoms with van der Waals surface area (Å²) in [4.78, 5) is 22.7. The molecule has 166 valence electrons. The molecule has 1 aromatic heterocycles. The molecule has 1 amide bonds. The van der Waals surface area contributed by atoms with Gasteiger partial charge in [-0.1, -0.05) is 35.9 Å². The lowest BCUT2D eigenvalue weighted by atomic mass is 10.0. The van der Waals surface area contributed by atoms with Gasteiger partial charge in [-0.15, -0.1) is 0 Å². The van der Waals surface area contributed by atoms with Crippen LogP contribution in [-0.4, -0.2) is 43.2 Å². The molecule has 0 radical (unpaired) electrons. The second kappa shape index (κ2) is 8.40. The largest absolute Gasteiger partial charge is 0.472 e. The number of benzene rings is 2. The van der Waals surface area contributed by atoms with E-state index in [9.17, 15) is 13.2 Å². The molecule has 3 aromatic rings. The number of aromatic nitrogens is 2. The number of carbonyl (C=O) groups excluding carboxylic acids is 1. The van der Waals surface area contributed by atoms with Crippen LogP contribution in [-0.2, 0) is 15.6 Å². The number of sulfone groups is 1. The van der Waals surface area contributed by atoms with Crippen LogP contribution in [0.3, 0.4) is 0 Å². The van der Waals surface area contributed by atoms with Crippen LogP contribution in [0.15, 0.2) is 48.8 Å². The molecular formula is C22H21ClN4O4S. The first-order valence-electron chi connectivity index (χ1n) is 9.78. The fourth-order valence-corrected chi connectivity index (χ4v) is 4.70. The van der Waals surface area contributed by atoms with Crippen LogP contribution in [0, 0.1) is 0 Å². The number of ether oxygens (including phenoxy) is 1. The molecule has 1 aliphatic heterocycles. The zero-order chi connectivity index (χ0) is 23.0. The molecular weight excluding hydrogens is 452 g/mol. The third kappa shape index (κ3) is 4.53. The Morgan fingerprint density at radius 2 is 1.91 bits per heavy atom. The van der Waals surface area contributed by atoms with Crippen LogP contribution in [0.4, 0.5) is 11.5 Å². The number of hydrogen-bond acceptors (Lipinski definition) is 7. The fraction of sp³-hybridized carbons (Fsp3) is 0.227. The molecule has 2 N–H and O–H groups in total. The highest BCUT2D eigenvalue weighted by Gasteiger charge is 2.31. The van der Waals surface area contributed by atoms with Crippen LogP contribution in [0.1, 0.15) is 22.8 Å². The summed E-state index contributed by atoms with van der Waals surface area (Å²) in [5.41, 5.74) is 8.95. The number of fused-ring (bicyclic) bond motifs is 1. The normalized spacial score (nSPS) is 16.3. The Balaban J connectivity index is 1.64. The molecule has 1 unspecified atom stereocenters. The minimum atomic E-state index is -3.15. The molecule has 0 spiro atoms. The number of hydrogen-bond donors (Lipinski definition) is 1. The molecule has 1 aliphatic rings. The zero-order valence-corrected chi connectivity index (χ0v) is 19.0. The van der Waals surface area contributed by atoms with E-state index in [2.05, 4.69) is 9.97 Å². The predicted octanol–water partition coefficient (Wildman–Crippen LogP) is 3.35. The smallest absolute Gasteiger partial charge is 0.267 e. The van der Waals surface area contributed by atoms with Gasteiger partial charge in [-0.3, -0.25) is 4.79 Å². The van der Waals surface area contributed by atoms with Gasteiger partial charge in [-0.25, -0.2) is 18.4 Å². The Kier molecular flexibility index (Phi) is 5.79. The van der Waals surface area contributed by atoms with Crippen LogP contribution in [0.2, 0.25) is 5.02 Å². The van der Waals surface area contributed by atoms with Gasteiger partial charge in [0.2, 0.25) is 5.88 Å². The molecule has 4 rings (SSSR count). The number of carbonyl (C=O) groups is 1. The number of amides is 1. The van der Waals surface area contributed by atoms with E-state index in [0.29, 0.717) is 22.8 Å². The minimum Gasteiger partial charge on any atom is -0.472 e. The van der Waals surface area contributed by atoms with Gasteiger partial charge in [0, 0.05) is 22.5 Å².